The van der Waals surface area contributed by atoms with Crippen LogP contribution in [-0.2, 0) is 11.2 Å². The van der Waals surface area contributed by atoms with Gasteiger partial charge in [-0.3, -0.25) is 0 Å². The van der Waals surface area contributed by atoms with Gasteiger partial charge >= 0.3 is 5.97 Å². The Morgan fingerprint density at radius 1 is 1.31 bits per heavy atom. The molecular formula is C23H19FN2O2S. The Balaban J connectivity index is 1.64. The van der Waals surface area contributed by atoms with Crippen molar-refractivity contribution in [3.05, 3.63) is 75.5 Å². The molecule has 6 heteroatoms. The van der Waals surface area contributed by atoms with Crippen molar-refractivity contribution in [2.24, 2.45) is 0 Å². The first-order valence-electron chi connectivity index (χ1n) is 9.55. The maximum atomic E-state index is 14.8. The van der Waals surface area contributed by atoms with E-state index >= 15 is 0 Å². The standard InChI is InChI=1S/C23H19FN2O2S/c1-28-23(27)20-4-2-3-15(25-20)9-18-17-10-19(24)16(13-5-6-13)11-21(17)26-22(18)14-7-8-29-12-14/h2-4,7-8,10-13,26H,5-6,9H2,1H3. The lowest BCUT2D eigenvalue weighted by Gasteiger charge is -2.06. The zero-order valence-electron chi connectivity index (χ0n) is 15.9. The van der Waals surface area contributed by atoms with Crippen LogP contribution in [0.3, 0.4) is 0 Å². The number of rotatable bonds is 5. The fraction of sp³-hybridized carbons (Fsp3) is 0.217. The second-order valence-corrected chi connectivity index (χ2v) is 8.15. The van der Waals surface area contributed by atoms with Gasteiger partial charge in [-0.2, -0.15) is 11.3 Å². The van der Waals surface area contributed by atoms with Gasteiger partial charge in [0.15, 0.2) is 0 Å². The van der Waals surface area contributed by atoms with Gasteiger partial charge in [-0.15, -0.1) is 0 Å². The second kappa shape index (κ2) is 7.12. The fourth-order valence-electron chi connectivity index (χ4n) is 3.81. The molecule has 0 atom stereocenters. The third kappa shape index (κ3) is 3.34. The number of nitrogens with one attached hydrogen (secondary N) is 1. The molecule has 0 unspecified atom stereocenters. The summed E-state index contributed by atoms with van der Waals surface area (Å²) in [7, 11) is 1.34. The minimum Gasteiger partial charge on any atom is -0.464 e. The van der Waals surface area contributed by atoms with Crippen LogP contribution < -0.4 is 0 Å². The number of halogens is 1. The number of fused-ring (bicyclic) bond motifs is 1. The van der Waals surface area contributed by atoms with Gasteiger partial charge in [0.1, 0.15) is 11.5 Å². The number of carbonyl (C=O) groups is 1. The molecule has 1 saturated carbocycles. The molecule has 1 aromatic carbocycles. The van der Waals surface area contributed by atoms with Crippen LogP contribution in [0.2, 0.25) is 0 Å². The molecule has 4 aromatic rings. The van der Waals surface area contributed by atoms with Gasteiger partial charge in [0.2, 0.25) is 0 Å². The summed E-state index contributed by atoms with van der Waals surface area (Å²) in [5.41, 5.74) is 5.76. The highest BCUT2D eigenvalue weighted by Gasteiger charge is 2.28. The number of carbonyl (C=O) groups excluding carboxylic acids is 1. The number of aromatic amines is 1. The van der Waals surface area contributed by atoms with Gasteiger partial charge in [-0.05, 0) is 65.6 Å². The smallest absolute Gasteiger partial charge is 0.356 e. The quantitative estimate of drug-likeness (QED) is 0.434. The number of aromatic nitrogens is 2. The van der Waals surface area contributed by atoms with Crippen molar-refractivity contribution in [3.63, 3.8) is 0 Å². The number of thiophene rings is 1. The normalized spacial score (nSPS) is 13.7. The van der Waals surface area contributed by atoms with Gasteiger partial charge in [0.05, 0.1) is 12.8 Å². The summed E-state index contributed by atoms with van der Waals surface area (Å²) in [6.45, 7) is 0. The lowest BCUT2D eigenvalue weighted by molar-refractivity contribution is 0.0593. The topological polar surface area (TPSA) is 55.0 Å². The number of ether oxygens (including phenoxy) is 1. The molecule has 29 heavy (non-hydrogen) atoms. The molecular weight excluding hydrogens is 387 g/mol. The molecule has 146 valence electrons. The summed E-state index contributed by atoms with van der Waals surface area (Å²) in [6.07, 6.45) is 2.59. The van der Waals surface area contributed by atoms with E-state index < -0.39 is 5.97 Å². The molecule has 1 aliphatic carbocycles. The molecule has 0 bridgehead atoms. The van der Waals surface area contributed by atoms with Crippen molar-refractivity contribution in [3.8, 4) is 11.3 Å². The molecule has 5 rings (SSSR count). The summed E-state index contributed by atoms with van der Waals surface area (Å²) >= 11 is 1.62. The third-order valence-electron chi connectivity index (χ3n) is 5.41. The molecule has 1 N–H and O–H groups in total. The Morgan fingerprint density at radius 3 is 2.90 bits per heavy atom. The molecule has 0 radical (unpaired) electrons. The van der Waals surface area contributed by atoms with E-state index in [1.807, 2.05) is 17.5 Å². The van der Waals surface area contributed by atoms with Crippen LogP contribution in [0.5, 0.6) is 0 Å². The summed E-state index contributed by atoms with van der Waals surface area (Å²) in [5.74, 6) is -0.272. The van der Waals surface area contributed by atoms with Crippen LogP contribution in [0.25, 0.3) is 22.2 Å². The average Bonchev–Trinajstić information content (AvgIpc) is 3.32. The van der Waals surface area contributed by atoms with Crippen LogP contribution >= 0.6 is 11.3 Å². The first-order valence-corrected chi connectivity index (χ1v) is 10.5. The van der Waals surface area contributed by atoms with Crippen LogP contribution in [-0.4, -0.2) is 23.0 Å². The monoisotopic (exact) mass is 406 g/mol. The number of nitrogens with zero attached hydrogens (tertiary/aromatic N) is 1. The van der Waals surface area contributed by atoms with E-state index in [9.17, 15) is 9.18 Å². The average molecular weight is 406 g/mol. The van der Waals surface area contributed by atoms with Crippen molar-refractivity contribution < 1.29 is 13.9 Å². The summed E-state index contributed by atoms with van der Waals surface area (Å²) < 4.78 is 19.6. The first-order chi connectivity index (χ1) is 14.1. The number of methoxy groups -OCH3 is 1. The number of pyridine rings is 1. The first kappa shape index (κ1) is 18.1. The van der Waals surface area contributed by atoms with Gasteiger partial charge in [0.25, 0.3) is 0 Å². The van der Waals surface area contributed by atoms with Crippen LogP contribution in [0.4, 0.5) is 4.39 Å². The maximum absolute atomic E-state index is 14.8. The predicted octanol–water partition coefficient (Wildman–Crippen LogP) is 5.69. The zero-order chi connectivity index (χ0) is 20.0. The number of esters is 1. The van der Waals surface area contributed by atoms with E-state index in [-0.39, 0.29) is 11.5 Å². The maximum Gasteiger partial charge on any atom is 0.356 e. The van der Waals surface area contributed by atoms with E-state index in [1.165, 1.54) is 7.11 Å². The Bertz CT molecular complexity index is 1210. The van der Waals surface area contributed by atoms with E-state index in [0.29, 0.717) is 12.3 Å². The number of hydrogen-bond donors (Lipinski definition) is 1. The lowest BCUT2D eigenvalue weighted by atomic mass is 10.00. The lowest BCUT2D eigenvalue weighted by Crippen LogP contribution is -2.06. The molecule has 4 nitrogen and oxygen atoms in total. The van der Waals surface area contributed by atoms with Crippen LogP contribution in [0, 0.1) is 5.82 Å². The molecule has 0 spiro atoms. The molecule has 3 aromatic heterocycles. The third-order valence-corrected chi connectivity index (χ3v) is 6.09. The summed E-state index contributed by atoms with van der Waals surface area (Å²) in [4.78, 5) is 19.8. The van der Waals surface area contributed by atoms with Gasteiger partial charge in [-0.25, -0.2) is 14.2 Å². The van der Waals surface area contributed by atoms with Crippen LogP contribution in [0.15, 0.2) is 47.2 Å². The fourth-order valence-corrected chi connectivity index (χ4v) is 4.46. The Labute approximate surface area is 171 Å². The highest BCUT2D eigenvalue weighted by molar-refractivity contribution is 7.08. The van der Waals surface area contributed by atoms with Gasteiger partial charge in [0, 0.05) is 34.0 Å². The van der Waals surface area contributed by atoms with Crippen molar-refractivity contribution in [2.75, 3.05) is 7.11 Å². The predicted molar refractivity (Wildman–Crippen MR) is 112 cm³/mol. The SMILES string of the molecule is COC(=O)c1cccc(Cc2c(-c3ccsc3)[nH]c3cc(C4CC4)c(F)cc23)n1. The van der Waals surface area contributed by atoms with Gasteiger partial charge in [-0.1, -0.05) is 6.07 Å². The molecule has 1 fully saturated rings. The Kier molecular flexibility index (Phi) is 4.43. The Hall–Kier alpha value is -2.99. The largest absolute Gasteiger partial charge is 0.464 e. The molecule has 0 aliphatic heterocycles. The summed E-state index contributed by atoms with van der Waals surface area (Å²) in [6, 6.07) is 11.0. The minimum absolute atomic E-state index is 0.145. The molecule has 0 amide bonds. The second-order valence-electron chi connectivity index (χ2n) is 7.37. The van der Waals surface area contributed by atoms with Crippen molar-refractivity contribution in [1.82, 2.24) is 9.97 Å². The number of benzene rings is 1. The highest BCUT2D eigenvalue weighted by Crippen LogP contribution is 2.43. The number of H-pyrrole nitrogens is 1. The van der Waals surface area contributed by atoms with Crippen LogP contribution in [0.1, 0.15) is 46.1 Å². The molecule has 3 heterocycles. The van der Waals surface area contributed by atoms with Crippen molar-refractivity contribution in [1.29, 1.82) is 0 Å². The van der Waals surface area contributed by atoms with Crippen molar-refractivity contribution in [2.45, 2.75) is 25.2 Å². The van der Waals surface area contributed by atoms with Gasteiger partial charge < -0.3 is 9.72 Å². The molecule has 1 aliphatic rings. The highest BCUT2D eigenvalue weighted by atomic mass is 32.1. The van der Waals surface area contributed by atoms with Crippen molar-refractivity contribution >= 4 is 28.2 Å². The minimum atomic E-state index is -0.469. The molecule has 0 saturated heterocycles. The van der Waals surface area contributed by atoms with E-state index in [2.05, 4.69) is 21.4 Å². The number of hydrogen-bond acceptors (Lipinski definition) is 4. The van der Waals surface area contributed by atoms with E-state index in [1.54, 1.807) is 29.5 Å². The van der Waals surface area contributed by atoms with E-state index in [4.69, 9.17) is 4.74 Å². The zero-order valence-corrected chi connectivity index (χ0v) is 16.7. The van der Waals surface area contributed by atoms with E-state index in [0.717, 1.165) is 51.8 Å². The Morgan fingerprint density at radius 2 is 2.17 bits per heavy atom. The summed E-state index contributed by atoms with van der Waals surface area (Å²) in [5, 5.41) is 4.96.